The van der Waals surface area contributed by atoms with Gasteiger partial charge >= 0.3 is 0 Å². The predicted octanol–water partition coefficient (Wildman–Crippen LogP) is 5.60. The first-order valence-electron chi connectivity index (χ1n) is 13.2. The Morgan fingerprint density at radius 2 is 1.73 bits per heavy atom. The van der Waals surface area contributed by atoms with E-state index >= 15 is 0 Å². The van der Waals surface area contributed by atoms with Crippen LogP contribution in [0.25, 0.3) is 22.0 Å². The lowest BCUT2D eigenvalue weighted by atomic mass is 10.0. The highest BCUT2D eigenvalue weighted by molar-refractivity contribution is 6.09. The number of nitrogens with one attached hydrogen (secondary N) is 2. The number of methoxy groups -OCH3 is 1. The van der Waals surface area contributed by atoms with E-state index in [1.54, 1.807) is 7.11 Å². The number of anilines is 2. The maximum absolute atomic E-state index is 13.4. The molecule has 4 N–H and O–H groups in total. The van der Waals surface area contributed by atoms with Crippen molar-refractivity contribution >= 4 is 34.1 Å². The second kappa shape index (κ2) is 10.2. The summed E-state index contributed by atoms with van der Waals surface area (Å²) in [5.41, 5.74) is 11.0. The SMILES string of the molecule is COc1ccc2ccccc2c1C(=O)NC(C)c1ccc(-c2nn3c(c2C(N)=O)Nc2ccccc2CC3)cc1. The van der Waals surface area contributed by atoms with Gasteiger partial charge in [-0.05, 0) is 47.4 Å². The average molecular weight is 532 g/mol. The summed E-state index contributed by atoms with van der Waals surface area (Å²) in [6.07, 6.45) is 0.785. The van der Waals surface area contributed by atoms with Crippen molar-refractivity contribution in [3.63, 3.8) is 0 Å². The van der Waals surface area contributed by atoms with Crippen molar-refractivity contribution in [2.45, 2.75) is 25.9 Å². The van der Waals surface area contributed by atoms with Crippen molar-refractivity contribution in [2.75, 3.05) is 12.4 Å². The van der Waals surface area contributed by atoms with Gasteiger partial charge in [-0.1, -0.05) is 72.8 Å². The van der Waals surface area contributed by atoms with Gasteiger partial charge in [-0.3, -0.25) is 9.59 Å². The van der Waals surface area contributed by atoms with Gasteiger partial charge in [-0.15, -0.1) is 0 Å². The number of hydrogen-bond acceptors (Lipinski definition) is 5. The molecule has 0 spiro atoms. The van der Waals surface area contributed by atoms with Crippen LogP contribution < -0.4 is 21.1 Å². The molecule has 2 heterocycles. The van der Waals surface area contributed by atoms with Crippen LogP contribution in [0.15, 0.2) is 84.9 Å². The molecule has 8 heteroatoms. The lowest BCUT2D eigenvalue weighted by Crippen LogP contribution is -2.27. The lowest BCUT2D eigenvalue weighted by molar-refractivity contribution is 0.0937. The number of hydrogen-bond donors (Lipinski definition) is 3. The fourth-order valence-corrected chi connectivity index (χ4v) is 5.34. The molecule has 1 aromatic heterocycles. The van der Waals surface area contributed by atoms with E-state index in [0.717, 1.165) is 39.6 Å². The van der Waals surface area contributed by atoms with E-state index in [1.807, 2.05) is 90.5 Å². The summed E-state index contributed by atoms with van der Waals surface area (Å²) in [6, 6.07) is 26.9. The van der Waals surface area contributed by atoms with Crippen LogP contribution in [-0.2, 0) is 13.0 Å². The third kappa shape index (κ3) is 4.43. The van der Waals surface area contributed by atoms with Gasteiger partial charge in [0, 0.05) is 17.8 Å². The van der Waals surface area contributed by atoms with Crippen LogP contribution in [0, 0.1) is 0 Å². The van der Waals surface area contributed by atoms with Gasteiger partial charge in [0.05, 0.1) is 18.7 Å². The Kier molecular flexibility index (Phi) is 6.43. The summed E-state index contributed by atoms with van der Waals surface area (Å²) < 4.78 is 7.32. The second-order valence-electron chi connectivity index (χ2n) is 9.87. The molecule has 0 saturated heterocycles. The third-order valence-electron chi connectivity index (χ3n) is 7.43. The smallest absolute Gasteiger partial charge is 0.256 e. The van der Waals surface area contributed by atoms with Crippen LogP contribution in [0.2, 0.25) is 0 Å². The van der Waals surface area contributed by atoms with E-state index in [0.29, 0.717) is 34.9 Å². The highest BCUT2D eigenvalue weighted by atomic mass is 16.5. The number of nitrogens with two attached hydrogens (primary N) is 1. The molecule has 5 aromatic rings. The monoisotopic (exact) mass is 531 g/mol. The zero-order valence-corrected chi connectivity index (χ0v) is 22.3. The van der Waals surface area contributed by atoms with Crippen molar-refractivity contribution in [3.8, 4) is 17.0 Å². The number of rotatable bonds is 6. The van der Waals surface area contributed by atoms with Gasteiger partial charge in [0.1, 0.15) is 22.8 Å². The minimum absolute atomic E-state index is 0.217. The van der Waals surface area contributed by atoms with Gasteiger partial charge in [-0.2, -0.15) is 5.10 Å². The molecule has 1 unspecified atom stereocenters. The van der Waals surface area contributed by atoms with Gasteiger partial charge in [0.15, 0.2) is 0 Å². The Balaban J connectivity index is 1.27. The number of ether oxygens (including phenoxy) is 1. The number of carbonyl (C=O) groups excluding carboxylic acids is 2. The topological polar surface area (TPSA) is 111 Å². The molecule has 1 aliphatic rings. The summed E-state index contributed by atoms with van der Waals surface area (Å²) in [4.78, 5) is 26.0. The number of benzene rings is 4. The van der Waals surface area contributed by atoms with E-state index in [1.165, 1.54) is 0 Å². The van der Waals surface area contributed by atoms with E-state index < -0.39 is 5.91 Å². The minimum atomic E-state index is -0.545. The van der Waals surface area contributed by atoms with Crippen LogP contribution in [0.3, 0.4) is 0 Å². The number of aryl methyl sites for hydroxylation is 2. The molecule has 0 fully saturated rings. The molecule has 200 valence electrons. The fourth-order valence-electron chi connectivity index (χ4n) is 5.34. The Hall–Kier alpha value is -5.11. The Bertz CT molecular complexity index is 1760. The summed E-state index contributed by atoms with van der Waals surface area (Å²) in [6.45, 7) is 2.55. The molecule has 8 nitrogen and oxygen atoms in total. The van der Waals surface area contributed by atoms with Crippen LogP contribution in [0.4, 0.5) is 11.5 Å². The maximum atomic E-state index is 13.4. The summed E-state index contributed by atoms with van der Waals surface area (Å²) in [5.74, 6) is 0.358. The van der Waals surface area contributed by atoms with Crippen molar-refractivity contribution in [1.29, 1.82) is 0 Å². The highest BCUT2D eigenvalue weighted by Crippen LogP contribution is 2.35. The van der Waals surface area contributed by atoms with Crippen LogP contribution in [0.1, 0.15) is 44.8 Å². The minimum Gasteiger partial charge on any atom is -0.496 e. The number of fused-ring (bicyclic) bond motifs is 3. The lowest BCUT2D eigenvalue weighted by Gasteiger charge is -2.17. The van der Waals surface area contributed by atoms with Gasteiger partial charge in [-0.25, -0.2) is 4.68 Å². The maximum Gasteiger partial charge on any atom is 0.256 e. The van der Waals surface area contributed by atoms with Gasteiger partial charge < -0.3 is 21.1 Å². The molecule has 4 aromatic carbocycles. The zero-order valence-electron chi connectivity index (χ0n) is 22.3. The molecule has 1 atom stereocenters. The van der Waals surface area contributed by atoms with E-state index in [2.05, 4.69) is 16.7 Å². The molecule has 6 rings (SSSR count). The van der Waals surface area contributed by atoms with Crippen molar-refractivity contribution in [3.05, 3.63) is 107 Å². The Morgan fingerprint density at radius 1 is 0.975 bits per heavy atom. The summed E-state index contributed by atoms with van der Waals surface area (Å²) in [5, 5.41) is 13.0. The average Bonchev–Trinajstić information content (AvgIpc) is 3.24. The molecule has 0 radical (unpaired) electrons. The molecular weight excluding hydrogens is 502 g/mol. The number of amides is 2. The highest BCUT2D eigenvalue weighted by Gasteiger charge is 2.26. The van der Waals surface area contributed by atoms with Gasteiger partial charge in [0.2, 0.25) is 0 Å². The predicted molar refractivity (Wildman–Crippen MR) is 156 cm³/mol. The molecule has 0 saturated carbocycles. The van der Waals surface area contributed by atoms with Gasteiger partial charge in [0.25, 0.3) is 11.8 Å². The normalized spacial score (nSPS) is 12.9. The number of carbonyl (C=O) groups is 2. The fraction of sp³-hybridized carbons (Fsp3) is 0.156. The zero-order chi connectivity index (χ0) is 27.8. The second-order valence-corrected chi connectivity index (χ2v) is 9.87. The molecule has 0 aliphatic carbocycles. The van der Waals surface area contributed by atoms with Crippen molar-refractivity contribution in [2.24, 2.45) is 5.73 Å². The Labute approximate surface area is 231 Å². The largest absolute Gasteiger partial charge is 0.496 e. The van der Waals surface area contributed by atoms with E-state index in [9.17, 15) is 9.59 Å². The summed E-state index contributed by atoms with van der Waals surface area (Å²) in [7, 11) is 1.56. The van der Waals surface area contributed by atoms with Crippen molar-refractivity contribution < 1.29 is 14.3 Å². The molecule has 1 aliphatic heterocycles. The van der Waals surface area contributed by atoms with Crippen LogP contribution in [0.5, 0.6) is 5.75 Å². The first kappa shape index (κ1) is 25.2. The quantitative estimate of drug-likeness (QED) is 0.264. The summed E-state index contributed by atoms with van der Waals surface area (Å²) >= 11 is 0. The number of nitrogens with zero attached hydrogens (tertiary/aromatic N) is 2. The standard InChI is InChI=1S/C32H29N5O3/c1-19(34-32(39)27-24-9-5-3-7-21(24)15-16-26(27)40-2)20-11-13-23(14-12-20)29-28(30(33)38)31-35-25-10-6-4-8-22(25)17-18-37(31)36-29/h3-16,19,35H,17-18H2,1-2H3,(H2,33,38)(H,34,39). The molecule has 40 heavy (non-hydrogen) atoms. The molecular formula is C32H29N5O3. The Morgan fingerprint density at radius 3 is 2.50 bits per heavy atom. The van der Waals surface area contributed by atoms with Crippen LogP contribution in [-0.4, -0.2) is 28.7 Å². The van der Waals surface area contributed by atoms with E-state index in [-0.39, 0.29) is 11.9 Å². The van der Waals surface area contributed by atoms with Crippen molar-refractivity contribution in [1.82, 2.24) is 15.1 Å². The third-order valence-corrected chi connectivity index (χ3v) is 7.43. The van der Waals surface area contributed by atoms with E-state index in [4.69, 9.17) is 15.6 Å². The molecule has 2 amide bonds. The number of para-hydroxylation sites is 1. The number of aromatic nitrogens is 2. The van der Waals surface area contributed by atoms with Crippen LogP contribution >= 0.6 is 0 Å². The molecule has 0 bridgehead atoms. The number of primary amides is 1. The first-order valence-corrected chi connectivity index (χ1v) is 13.2. The first-order chi connectivity index (χ1) is 19.4.